The van der Waals surface area contributed by atoms with E-state index in [0.717, 1.165) is 12.8 Å². The first-order chi connectivity index (χ1) is 7.16. The maximum atomic E-state index is 11.5. The molecule has 0 bridgehead atoms. The van der Waals surface area contributed by atoms with Crippen LogP contribution in [0.1, 0.15) is 23.2 Å². The minimum absolute atomic E-state index is 0.139. The predicted octanol–water partition coefficient (Wildman–Crippen LogP) is 1.02. The van der Waals surface area contributed by atoms with E-state index in [2.05, 4.69) is 9.71 Å². The number of pyridine rings is 1. The Morgan fingerprint density at radius 2 is 2.33 bits per heavy atom. The van der Waals surface area contributed by atoms with E-state index in [9.17, 15) is 9.00 Å². The van der Waals surface area contributed by atoms with Gasteiger partial charge in [0.15, 0.2) is 0 Å². The van der Waals surface area contributed by atoms with Gasteiger partial charge in [-0.15, -0.1) is 0 Å². The lowest BCUT2D eigenvalue weighted by Crippen LogP contribution is -2.10. The van der Waals surface area contributed by atoms with Crippen molar-refractivity contribution in [3.05, 3.63) is 23.9 Å². The van der Waals surface area contributed by atoms with E-state index in [1.54, 1.807) is 0 Å². The quantitative estimate of drug-likeness (QED) is 0.803. The van der Waals surface area contributed by atoms with Crippen molar-refractivity contribution in [2.75, 3.05) is 4.72 Å². The van der Waals surface area contributed by atoms with Crippen LogP contribution in [-0.2, 0) is 11.0 Å². The minimum atomic E-state index is -1.14. The number of aromatic nitrogens is 1. The van der Waals surface area contributed by atoms with E-state index < -0.39 is 17.0 Å². The highest BCUT2D eigenvalue weighted by atomic mass is 32.2. The van der Waals surface area contributed by atoms with Crippen LogP contribution in [0.25, 0.3) is 0 Å². The smallest absolute Gasteiger partial charge is 0.335 e. The summed E-state index contributed by atoms with van der Waals surface area (Å²) in [6.07, 6.45) is 3.30. The molecule has 0 amide bonds. The highest BCUT2D eigenvalue weighted by Crippen LogP contribution is 2.26. The van der Waals surface area contributed by atoms with Gasteiger partial charge in [-0.3, -0.25) is 4.72 Å². The Labute approximate surface area is 89.1 Å². The molecule has 0 radical (unpaired) electrons. The fourth-order valence-corrected chi connectivity index (χ4v) is 2.14. The molecule has 5 nitrogen and oxygen atoms in total. The molecule has 6 heteroatoms. The SMILES string of the molecule is O=C(O)c1ccnc(NS(=O)C2CC2)c1. The molecule has 1 heterocycles. The second-order valence-corrected chi connectivity index (χ2v) is 4.80. The molecular formula is C9H10N2O3S. The summed E-state index contributed by atoms with van der Waals surface area (Å²) in [5.41, 5.74) is 0.139. The zero-order chi connectivity index (χ0) is 10.8. The second kappa shape index (κ2) is 3.98. The predicted molar refractivity (Wildman–Crippen MR) is 56.0 cm³/mol. The molecule has 0 aliphatic heterocycles. The van der Waals surface area contributed by atoms with Crippen LogP contribution in [0.2, 0.25) is 0 Å². The van der Waals surface area contributed by atoms with Gasteiger partial charge in [0.25, 0.3) is 0 Å². The van der Waals surface area contributed by atoms with Gasteiger partial charge < -0.3 is 5.11 Å². The van der Waals surface area contributed by atoms with Crippen molar-refractivity contribution in [2.24, 2.45) is 0 Å². The molecular weight excluding hydrogens is 216 g/mol. The van der Waals surface area contributed by atoms with Gasteiger partial charge in [-0.05, 0) is 25.0 Å². The van der Waals surface area contributed by atoms with Crippen LogP contribution in [-0.4, -0.2) is 25.5 Å². The summed E-state index contributed by atoms with van der Waals surface area (Å²) in [5, 5.41) is 8.93. The standard InChI is InChI=1S/C9H10N2O3S/c12-9(13)6-3-4-10-8(5-6)11-15(14)7-1-2-7/h3-5,7H,1-2H2,(H,10,11)(H,12,13). The van der Waals surface area contributed by atoms with E-state index in [1.807, 2.05) is 0 Å². The number of hydrogen-bond acceptors (Lipinski definition) is 3. The molecule has 2 N–H and O–H groups in total. The number of nitrogens with one attached hydrogen (secondary N) is 1. The molecule has 15 heavy (non-hydrogen) atoms. The van der Waals surface area contributed by atoms with E-state index in [1.165, 1.54) is 18.3 Å². The Kier molecular flexibility index (Phi) is 2.68. The van der Waals surface area contributed by atoms with Crippen LogP contribution < -0.4 is 4.72 Å². The monoisotopic (exact) mass is 226 g/mol. The number of rotatable bonds is 4. The molecule has 1 fully saturated rings. The number of anilines is 1. The summed E-state index contributed by atoms with van der Waals surface area (Å²) >= 11 is 0. The molecule has 80 valence electrons. The summed E-state index contributed by atoms with van der Waals surface area (Å²) in [6, 6.07) is 2.77. The fourth-order valence-electron chi connectivity index (χ4n) is 1.09. The van der Waals surface area contributed by atoms with Crippen LogP contribution in [0, 0.1) is 0 Å². The maximum Gasteiger partial charge on any atom is 0.335 e. The lowest BCUT2D eigenvalue weighted by molar-refractivity contribution is 0.0697. The van der Waals surface area contributed by atoms with Crippen molar-refractivity contribution in [1.82, 2.24) is 4.98 Å². The average molecular weight is 226 g/mol. The minimum Gasteiger partial charge on any atom is -0.478 e. The molecule has 1 atom stereocenters. The molecule has 1 aromatic rings. The van der Waals surface area contributed by atoms with Gasteiger partial charge in [0.2, 0.25) is 0 Å². The van der Waals surface area contributed by atoms with E-state index in [4.69, 9.17) is 5.11 Å². The third kappa shape index (κ3) is 2.53. The van der Waals surface area contributed by atoms with E-state index >= 15 is 0 Å². The normalized spacial score (nSPS) is 17.1. The van der Waals surface area contributed by atoms with E-state index in [-0.39, 0.29) is 10.8 Å². The van der Waals surface area contributed by atoms with Crippen molar-refractivity contribution >= 4 is 22.8 Å². The first-order valence-electron chi connectivity index (χ1n) is 4.53. The van der Waals surface area contributed by atoms with Gasteiger partial charge in [0.05, 0.1) is 10.8 Å². The summed E-state index contributed by atoms with van der Waals surface area (Å²) in [6.45, 7) is 0. The molecule has 1 aliphatic carbocycles. The topological polar surface area (TPSA) is 79.3 Å². The largest absolute Gasteiger partial charge is 0.478 e. The van der Waals surface area contributed by atoms with Gasteiger partial charge in [-0.1, -0.05) is 0 Å². The van der Waals surface area contributed by atoms with Crippen LogP contribution >= 0.6 is 0 Å². The molecule has 1 aromatic heterocycles. The Morgan fingerprint density at radius 3 is 2.93 bits per heavy atom. The molecule has 1 saturated carbocycles. The van der Waals surface area contributed by atoms with Gasteiger partial charge in [0, 0.05) is 6.20 Å². The van der Waals surface area contributed by atoms with Crippen molar-refractivity contribution in [1.29, 1.82) is 0 Å². The van der Waals surface area contributed by atoms with Crippen molar-refractivity contribution < 1.29 is 14.1 Å². The Bertz CT molecular complexity index is 418. The highest BCUT2D eigenvalue weighted by Gasteiger charge is 2.28. The second-order valence-electron chi connectivity index (χ2n) is 3.33. The first kappa shape index (κ1) is 10.1. The number of hydrogen-bond donors (Lipinski definition) is 2. The average Bonchev–Trinajstić information content (AvgIpc) is 3.01. The Balaban J connectivity index is 2.10. The summed E-state index contributed by atoms with van der Waals surface area (Å²) in [4.78, 5) is 14.6. The zero-order valence-electron chi connectivity index (χ0n) is 7.84. The number of carbonyl (C=O) groups is 1. The van der Waals surface area contributed by atoms with E-state index in [0.29, 0.717) is 5.82 Å². The van der Waals surface area contributed by atoms with Crippen LogP contribution in [0.4, 0.5) is 5.82 Å². The number of carboxylic acid groups (broad SMARTS) is 1. The van der Waals surface area contributed by atoms with Crippen molar-refractivity contribution in [2.45, 2.75) is 18.1 Å². The summed E-state index contributed by atoms with van der Waals surface area (Å²) < 4.78 is 14.2. The van der Waals surface area contributed by atoms with Gasteiger partial charge in [-0.25, -0.2) is 14.0 Å². The first-order valence-corrected chi connectivity index (χ1v) is 5.74. The van der Waals surface area contributed by atoms with Crippen LogP contribution in [0.5, 0.6) is 0 Å². The molecule has 0 saturated heterocycles. The maximum absolute atomic E-state index is 11.5. The van der Waals surface area contributed by atoms with Crippen molar-refractivity contribution in [3.8, 4) is 0 Å². The lowest BCUT2D eigenvalue weighted by Gasteiger charge is -2.04. The number of carboxylic acids is 1. The van der Waals surface area contributed by atoms with Gasteiger partial charge >= 0.3 is 5.97 Å². The van der Waals surface area contributed by atoms with Gasteiger partial charge in [0.1, 0.15) is 16.8 Å². The lowest BCUT2D eigenvalue weighted by atomic mass is 10.3. The number of nitrogens with zero attached hydrogens (tertiary/aromatic N) is 1. The van der Waals surface area contributed by atoms with Gasteiger partial charge in [-0.2, -0.15) is 0 Å². The third-order valence-corrected chi connectivity index (χ3v) is 3.53. The fraction of sp³-hybridized carbons (Fsp3) is 0.333. The molecule has 1 aliphatic rings. The Hall–Kier alpha value is -1.43. The zero-order valence-corrected chi connectivity index (χ0v) is 8.66. The summed E-state index contributed by atoms with van der Waals surface area (Å²) in [7, 11) is -1.14. The molecule has 1 unspecified atom stereocenters. The third-order valence-electron chi connectivity index (χ3n) is 2.04. The molecule has 2 rings (SSSR count). The summed E-state index contributed by atoms with van der Waals surface area (Å²) in [5.74, 6) is -0.669. The highest BCUT2D eigenvalue weighted by molar-refractivity contribution is 7.87. The molecule has 0 spiro atoms. The molecule has 0 aromatic carbocycles. The van der Waals surface area contributed by atoms with Crippen molar-refractivity contribution in [3.63, 3.8) is 0 Å². The number of aromatic carboxylic acids is 1. The Morgan fingerprint density at radius 1 is 1.60 bits per heavy atom. The van der Waals surface area contributed by atoms with Crippen LogP contribution in [0.3, 0.4) is 0 Å². The van der Waals surface area contributed by atoms with Crippen LogP contribution in [0.15, 0.2) is 18.3 Å².